The number of halogens is 82. The molecule has 8 nitrogen and oxygen atoms in total. The molecule has 122 heavy (non-hydrogen) atoms. The fourth-order valence-electron chi connectivity index (χ4n) is 3.38. The number of aliphatic carboxylic acids is 1. The molecule has 0 atom stereocenters. The number of nitrogens with two attached hydrogens (primary N) is 2. The number of aromatic nitrogens is 2. The number of nitrogens with zero attached hydrogens (tertiary/aromatic N) is 2. The molecule has 0 saturated heterocycles. The summed E-state index contributed by atoms with van der Waals surface area (Å²) >= 11 is 23.3. The highest BCUT2D eigenvalue weighted by molar-refractivity contribution is 7.80. The number of anilines is 1. The van der Waals surface area contributed by atoms with Crippen LogP contribution < -0.4 is 16.8 Å². The second-order valence-electron chi connectivity index (χ2n) is 9.06. The third-order valence-corrected chi connectivity index (χ3v) is 7.34. The number of nitrogens with one attached hydrogen (secondary N) is 1. The Morgan fingerprint density at radius 2 is 0.443 bits per heavy atom. The Labute approximate surface area is 638 Å². The molecule has 782 valence electrons. The van der Waals surface area contributed by atoms with Gasteiger partial charge in [0, 0.05) is 391 Å². The van der Waals surface area contributed by atoms with Crippen LogP contribution in [-0.4, -0.2) is 38.7 Å². The van der Waals surface area contributed by atoms with Crippen LogP contribution in [0.1, 0.15) is 34.5 Å². The molecule has 1 aromatic heterocycles. The third kappa shape index (κ3) is 536. The largest absolute Gasteiger partial charge is 0.481 e. The van der Waals surface area contributed by atoms with E-state index in [1.807, 2.05) is 60.7 Å². The first-order valence-electron chi connectivity index (χ1n) is 18.6. The number of carbonyl (C=O) groups is 2. The molecule has 92 heteroatoms. The van der Waals surface area contributed by atoms with Gasteiger partial charge in [-0.1, -0.05) is 82.5 Å². The highest BCUT2D eigenvalue weighted by Crippen LogP contribution is 2.16. The van der Waals surface area contributed by atoms with Gasteiger partial charge >= 0.3 is 5.97 Å². The van der Waals surface area contributed by atoms with Gasteiger partial charge in [0.15, 0.2) is 10.9 Å². The first-order valence-corrected chi connectivity index (χ1v) is 21.0. The zero-order valence-corrected chi connectivity index (χ0v) is 56.9. The average molecular weight is 2180 g/mol. The standard InChI is InChI=1S/C11H13ClN2OS.C10H10ClN3S.C9H9ClO2.39F2.FH/c12-9-4-1-8(2-5-9)3-6-10(15)7-14-11(13)16;11-8-4-1-7(2-5-8)3-6-9-13-14-10(12)15-9;10-8-4-1-7(2-5-8)3-6-9(11)12;39*1-2;/h1-2,4-5H,3,6-7H2,(H3,13,14,16);1-2,4-5H,3,6H2,(H2,12,14);1-2,4-5H,3,6H2,(H,11,12);;;;;;;;;;;;;;;;;;;;;;;;;;;;;;;;;;;;;;;;1H. The molecule has 0 aliphatic rings. The second kappa shape index (κ2) is 623. The van der Waals surface area contributed by atoms with Gasteiger partial charge in [0.1, 0.15) is 5.01 Å². The molecule has 0 bridgehead atoms. The molecule has 4 aromatic rings. The fourth-order valence-corrected chi connectivity index (χ4v) is 4.44. The molecule has 0 spiro atoms. The van der Waals surface area contributed by atoms with Gasteiger partial charge in [-0.25, -0.2) is 0 Å². The Morgan fingerprint density at radius 1 is 0.287 bits per heavy atom. The van der Waals surface area contributed by atoms with Gasteiger partial charge in [-0.15, -0.1) is 10.2 Å². The molecule has 0 unspecified atom stereocenters. The molecular weight excluding hydrogens is 2150 g/mol. The lowest BCUT2D eigenvalue weighted by atomic mass is 10.1. The zero-order valence-electron chi connectivity index (χ0n) is 53.0. The van der Waals surface area contributed by atoms with Crippen molar-refractivity contribution >= 4 is 80.4 Å². The van der Waals surface area contributed by atoms with E-state index in [2.05, 4.69) is 27.7 Å². The monoisotopic (exact) mass is 2180 g/mol. The minimum Gasteiger partial charge on any atom is -0.481 e. The van der Waals surface area contributed by atoms with Gasteiger partial charge in [0.05, 0.1) is 6.54 Å². The van der Waals surface area contributed by atoms with Crippen molar-refractivity contribution in [3.63, 3.8) is 0 Å². The summed E-state index contributed by atoms with van der Waals surface area (Å²) in [6.07, 6.45) is 3.71. The summed E-state index contributed by atoms with van der Waals surface area (Å²) in [5.41, 5.74) is 14.0. The van der Waals surface area contributed by atoms with Crippen LogP contribution in [0.2, 0.25) is 15.1 Å². The average Bonchev–Trinajstić information content (AvgIpc) is 1.47. The van der Waals surface area contributed by atoms with Crippen molar-refractivity contribution in [1.82, 2.24) is 15.5 Å². The Morgan fingerprint density at radius 3 is 0.582 bits per heavy atom. The lowest BCUT2D eigenvalue weighted by Gasteiger charge is -2.03. The van der Waals surface area contributed by atoms with Crippen molar-refractivity contribution in [2.45, 2.75) is 38.5 Å². The molecule has 0 radical (unpaired) electrons. The van der Waals surface area contributed by atoms with Gasteiger partial charge in [0.25, 0.3) is 0 Å². The van der Waals surface area contributed by atoms with Crippen LogP contribution in [0, 0.1) is 0 Å². The molecule has 6 N–H and O–H groups in total. The quantitative estimate of drug-likeness (QED) is 0.0852. The number of benzene rings is 3. The highest BCUT2D eigenvalue weighted by atomic mass is 35.5. The summed E-state index contributed by atoms with van der Waals surface area (Å²) in [4.78, 5) is 21.6. The van der Waals surface area contributed by atoms with Crippen LogP contribution in [-0.2, 0) is 35.3 Å². The number of Topliss-reactive ketones (excluding diaryl/α,β-unsaturated/α-hetero) is 1. The van der Waals surface area contributed by atoms with Crippen LogP contribution >= 0.6 is 58.4 Å². The summed E-state index contributed by atoms with van der Waals surface area (Å²) in [7, 11) is 0. The van der Waals surface area contributed by atoms with E-state index in [1.54, 1.807) is 12.1 Å². The molecule has 0 aliphatic carbocycles. The van der Waals surface area contributed by atoms with Crippen LogP contribution in [0.3, 0.4) is 0 Å². The Balaban J connectivity index is -0.0000000165. The van der Waals surface area contributed by atoms with Crippen molar-refractivity contribution in [3.8, 4) is 0 Å². The lowest BCUT2D eigenvalue weighted by molar-refractivity contribution is -0.137. The number of nitrogen functional groups attached to an aromatic ring is 1. The van der Waals surface area contributed by atoms with Gasteiger partial charge < -0.3 is 21.9 Å². The Hall–Kier alpha value is -8.81. The summed E-state index contributed by atoms with van der Waals surface area (Å²) in [5, 5.41) is 22.6. The van der Waals surface area contributed by atoms with Crippen LogP contribution in [0.5, 0.6) is 0 Å². The number of thiocarbonyl (C=S) groups is 1. The minimum atomic E-state index is -0.773. The molecule has 4 rings (SSSR count). The number of hydrogen-bond acceptors (Lipinski definition) is 7. The molecule has 0 saturated carbocycles. The van der Waals surface area contributed by atoms with E-state index in [9.17, 15) is 9.59 Å². The molecule has 1 heterocycles. The fraction of sp³-hybridized carbons (Fsp3) is 0.233. The van der Waals surface area contributed by atoms with E-state index in [0.29, 0.717) is 34.4 Å². The molecule has 0 aliphatic heterocycles. The van der Waals surface area contributed by atoms with Crippen molar-refractivity contribution in [1.29, 1.82) is 0 Å². The Kier molecular flexibility index (Phi) is 1320. The summed E-state index contributed by atoms with van der Waals surface area (Å²) in [5.74, 6) is -0.687. The SMILES string of the molecule is F.FF.FF.FF.FF.FF.FF.FF.FF.FF.FF.FF.FF.FF.FF.FF.FF.FF.FF.FF.FF.FF.FF.FF.FF.FF.FF.FF.FF.FF.FF.FF.FF.FF.FF.FF.FF.FF.FF.FF.NC(=S)NCC(=O)CCc1ccc(Cl)cc1.Nc1nnc(CCc2ccc(Cl)cc2)s1.O=C(O)CCc1ccc(Cl)cc1. The number of carboxylic acids is 1. The smallest absolute Gasteiger partial charge is 0.303 e. The number of aryl methyl sites for hydroxylation is 4. The molecule has 3 aromatic carbocycles. The maximum atomic E-state index is 11.4. The van der Waals surface area contributed by atoms with E-state index in [1.165, 1.54) is 16.9 Å². The number of carbonyl (C=O) groups excluding carboxylic acids is 1. The van der Waals surface area contributed by atoms with E-state index in [0.717, 1.165) is 34.0 Å². The number of hydrogen-bond donors (Lipinski definition) is 4. The van der Waals surface area contributed by atoms with E-state index in [4.69, 9.17) is 408 Å². The van der Waals surface area contributed by atoms with Gasteiger partial charge in [-0.2, -0.15) is 0 Å². The minimum absolute atomic E-state index is 0. The Bertz CT molecular complexity index is 1550. The predicted octanol–water partition coefficient (Wildman–Crippen LogP) is 39.5. The van der Waals surface area contributed by atoms with Gasteiger partial charge in [-0.05, 0) is 84.6 Å². The normalized spacial score (nSPS) is 5.45. The lowest BCUT2D eigenvalue weighted by Crippen LogP contribution is -2.33. The van der Waals surface area contributed by atoms with Crippen molar-refractivity contribution in [2.75, 3.05) is 12.3 Å². The summed E-state index contributed by atoms with van der Waals surface area (Å²) in [6.45, 7) is 0.197. The number of carboxylic acid groups (broad SMARTS) is 1. The first-order chi connectivity index (χ1) is 59.5. The van der Waals surface area contributed by atoms with Crippen molar-refractivity contribution in [3.05, 3.63) is 110 Å². The maximum absolute atomic E-state index is 11.4. The topological polar surface area (TPSA) is 144 Å². The number of rotatable bonds is 11. The maximum Gasteiger partial charge on any atom is 0.303 e. The van der Waals surface area contributed by atoms with Gasteiger partial charge in [-0.3, -0.25) is 14.3 Å². The summed E-state index contributed by atoms with van der Waals surface area (Å²) in [6, 6.07) is 22.5. The summed E-state index contributed by atoms with van der Waals surface area (Å²) < 4.78 is 624. The van der Waals surface area contributed by atoms with Crippen LogP contribution in [0.25, 0.3) is 0 Å². The van der Waals surface area contributed by atoms with Crippen molar-refractivity contribution in [2.24, 2.45) is 5.73 Å². The van der Waals surface area contributed by atoms with Crippen molar-refractivity contribution < 1.29 is 376 Å². The van der Waals surface area contributed by atoms with Crippen LogP contribution in [0.15, 0.2) is 72.8 Å². The molecular formula is C30H33Cl3F79N5O3S2. The first kappa shape index (κ1) is 259. The number of ketones is 1. The third-order valence-electron chi connectivity index (χ3n) is 5.63. The van der Waals surface area contributed by atoms with E-state index < -0.39 is 5.97 Å². The molecule has 0 amide bonds. The molecule has 0 fully saturated rings. The second-order valence-corrected chi connectivity index (χ2v) is 11.9. The highest BCUT2D eigenvalue weighted by Gasteiger charge is 2.04. The van der Waals surface area contributed by atoms with E-state index in [-0.39, 0.29) is 28.6 Å². The zero-order chi connectivity index (χ0) is 110. The van der Waals surface area contributed by atoms with Gasteiger partial charge in [0.2, 0.25) is 5.13 Å². The predicted molar refractivity (Wildman–Crippen MR) is 269 cm³/mol. The van der Waals surface area contributed by atoms with Crippen LogP contribution in [0.4, 0.5) is 367 Å². The van der Waals surface area contributed by atoms with E-state index >= 15 is 0 Å².